The third-order valence-electron chi connectivity index (χ3n) is 4.39. The molecule has 1 saturated carbocycles. The van der Waals surface area contributed by atoms with Gasteiger partial charge in [0.25, 0.3) is 0 Å². The van der Waals surface area contributed by atoms with Crippen molar-refractivity contribution in [2.75, 3.05) is 26.2 Å². The van der Waals surface area contributed by atoms with Gasteiger partial charge in [-0.15, -0.1) is 0 Å². The SMILES string of the molecule is N#Cc1cccc([C@H](CC2CC2)N2CCNCC2)c1O. The fraction of sp³-hybridized carbons (Fsp3) is 0.562. The smallest absolute Gasteiger partial charge is 0.138 e. The molecule has 4 heteroatoms. The summed E-state index contributed by atoms with van der Waals surface area (Å²) in [6.45, 7) is 4.01. The summed E-state index contributed by atoms with van der Waals surface area (Å²) in [7, 11) is 0. The minimum atomic E-state index is 0.180. The van der Waals surface area contributed by atoms with Crippen molar-refractivity contribution in [2.24, 2.45) is 5.92 Å². The predicted octanol–water partition coefficient (Wildman–Crippen LogP) is 2.01. The summed E-state index contributed by atoms with van der Waals surface area (Å²) in [4.78, 5) is 2.45. The molecule has 0 unspecified atom stereocenters. The number of aromatic hydroxyl groups is 1. The average Bonchev–Trinajstić information content (AvgIpc) is 3.30. The molecular weight excluding hydrogens is 250 g/mol. The van der Waals surface area contributed by atoms with E-state index in [1.54, 1.807) is 6.07 Å². The second-order valence-corrected chi connectivity index (χ2v) is 5.84. The van der Waals surface area contributed by atoms with Crippen LogP contribution >= 0.6 is 0 Å². The molecule has 2 N–H and O–H groups in total. The lowest BCUT2D eigenvalue weighted by Crippen LogP contribution is -2.45. The Hall–Kier alpha value is -1.57. The third-order valence-corrected chi connectivity index (χ3v) is 4.39. The van der Waals surface area contributed by atoms with E-state index in [1.807, 2.05) is 12.1 Å². The molecule has 2 fully saturated rings. The van der Waals surface area contributed by atoms with E-state index in [4.69, 9.17) is 5.26 Å². The van der Waals surface area contributed by atoms with Gasteiger partial charge >= 0.3 is 0 Å². The number of hydrogen-bond acceptors (Lipinski definition) is 4. The molecule has 1 heterocycles. The third kappa shape index (κ3) is 2.79. The molecule has 1 aliphatic carbocycles. The summed E-state index contributed by atoms with van der Waals surface area (Å²) in [5, 5.41) is 22.8. The topological polar surface area (TPSA) is 59.3 Å². The van der Waals surface area contributed by atoms with Crippen LogP contribution in [0.3, 0.4) is 0 Å². The van der Waals surface area contributed by atoms with Gasteiger partial charge in [-0.25, -0.2) is 0 Å². The maximum atomic E-state index is 10.4. The maximum Gasteiger partial charge on any atom is 0.138 e. The van der Waals surface area contributed by atoms with Crippen LogP contribution in [0, 0.1) is 17.2 Å². The molecule has 20 heavy (non-hydrogen) atoms. The molecular formula is C16H21N3O. The molecule has 1 saturated heterocycles. The minimum absolute atomic E-state index is 0.180. The van der Waals surface area contributed by atoms with Crippen molar-refractivity contribution in [3.05, 3.63) is 29.3 Å². The summed E-state index contributed by atoms with van der Waals surface area (Å²) in [5.41, 5.74) is 1.32. The fourth-order valence-electron chi connectivity index (χ4n) is 3.06. The van der Waals surface area contributed by atoms with E-state index < -0.39 is 0 Å². The number of rotatable bonds is 4. The van der Waals surface area contributed by atoms with Crippen molar-refractivity contribution in [1.29, 1.82) is 5.26 Å². The van der Waals surface area contributed by atoms with Crippen molar-refractivity contribution in [1.82, 2.24) is 10.2 Å². The standard InChI is InChI=1S/C16H21N3O/c17-11-13-2-1-3-14(16(13)20)15(10-12-4-5-12)19-8-6-18-7-9-19/h1-3,12,15,18,20H,4-10H2/t15-/m0/s1. The molecule has 2 aliphatic rings. The van der Waals surface area contributed by atoms with Gasteiger partial charge in [0.15, 0.2) is 0 Å². The molecule has 106 valence electrons. The van der Waals surface area contributed by atoms with Crippen LogP contribution in [-0.4, -0.2) is 36.2 Å². The Kier molecular flexibility index (Phi) is 3.90. The van der Waals surface area contributed by atoms with Gasteiger partial charge < -0.3 is 10.4 Å². The largest absolute Gasteiger partial charge is 0.506 e. The summed E-state index contributed by atoms with van der Waals surface area (Å²) in [6.07, 6.45) is 3.71. The van der Waals surface area contributed by atoms with Gasteiger partial charge in [0, 0.05) is 37.8 Å². The van der Waals surface area contributed by atoms with Crippen molar-refractivity contribution < 1.29 is 5.11 Å². The monoisotopic (exact) mass is 271 g/mol. The first-order chi connectivity index (χ1) is 9.79. The second-order valence-electron chi connectivity index (χ2n) is 5.84. The number of phenols is 1. The van der Waals surface area contributed by atoms with Crippen LogP contribution in [0.5, 0.6) is 5.75 Å². The summed E-state index contributed by atoms with van der Waals surface area (Å²) in [6, 6.07) is 7.88. The highest BCUT2D eigenvalue weighted by atomic mass is 16.3. The van der Waals surface area contributed by atoms with E-state index in [9.17, 15) is 5.11 Å². The van der Waals surface area contributed by atoms with E-state index >= 15 is 0 Å². The lowest BCUT2D eigenvalue weighted by atomic mass is 9.96. The first-order valence-corrected chi connectivity index (χ1v) is 7.46. The molecule has 0 aromatic heterocycles. The Morgan fingerprint density at radius 1 is 1.35 bits per heavy atom. The molecule has 1 atom stereocenters. The Morgan fingerprint density at radius 3 is 2.75 bits per heavy atom. The van der Waals surface area contributed by atoms with Gasteiger partial charge in [0.1, 0.15) is 11.8 Å². The number of hydrogen-bond donors (Lipinski definition) is 2. The summed E-state index contributed by atoms with van der Waals surface area (Å²) in [5.74, 6) is 0.971. The Bertz CT molecular complexity index is 513. The van der Waals surface area contributed by atoms with Gasteiger partial charge in [-0.05, 0) is 18.4 Å². The molecule has 0 amide bonds. The summed E-state index contributed by atoms with van der Waals surface area (Å²) >= 11 is 0. The van der Waals surface area contributed by atoms with Gasteiger partial charge in [-0.2, -0.15) is 5.26 Å². The Balaban J connectivity index is 1.89. The van der Waals surface area contributed by atoms with Gasteiger partial charge in [0.2, 0.25) is 0 Å². The van der Waals surface area contributed by atoms with Gasteiger partial charge in [-0.1, -0.05) is 25.0 Å². The van der Waals surface area contributed by atoms with Gasteiger partial charge in [-0.3, -0.25) is 4.90 Å². The van der Waals surface area contributed by atoms with Crippen LogP contribution in [0.15, 0.2) is 18.2 Å². The van der Waals surface area contributed by atoms with Crippen LogP contribution < -0.4 is 5.32 Å². The van der Waals surface area contributed by atoms with Crippen LogP contribution in [0.2, 0.25) is 0 Å². The number of benzene rings is 1. The number of phenolic OH excluding ortho intramolecular Hbond substituents is 1. The van der Waals surface area contributed by atoms with Crippen LogP contribution in [-0.2, 0) is 0 Å². The molecule has 0 spiro atoms. The Labute approximate surface area is 120 Å². The lowest BCUT2D eigenvalue weighted by molar-refractivity contribution is 0.158. The molecule has 0 bridgehead atoms. The lowest BCUT2D eigenvalue weighted by Gasteiger charge is -2.35. The normalized spacial score (nSPS) is 21.4. The minimum Gasteiger partial charge on any atom is -0.506 e. The van der Waals surface area contributed by atoms with E-state index in [0.717, 1.165) is 44.1 Å². The van der Waals surface area contributed by atoms with E-state index in [0.29, 0.717) is 5.56 Å². The van der Waals surface area contributed by atoms with E-state index in [2.05, 4.69) is 16.3 Å². The predicted molar refractivity (Wildman–Crippen MR) is 77.3 cm³/mol. The number of nitriles is 1. The first-order valence-electron chi connectivity index (χ1n) is 7.46. The molecule has 1 aromatic rings. The molecule has 0 radical (unpaired) electrons. The zero-order valence-corrected chi connectivity index (χ0v) is 11.7. The highest BCUT2D eigenvalue weighted by Crippen LogP contribution is 2.42. The first kappa shape index (κ1) is 13.4. The van der Waals surface area contributed by atoms with E-state index in [-0.39, 0.29) is 11.8 Å². The molecule has 1 aromatic carbocycles. The highest BCUT2D eigenvalue weighted by molar-refractivity contribution is 5.48. The van der Waals surface area contributed by atoms with Crippen LogP contribution in [0.4, 0.5) is 0 Å². The second kappa shape index (κ2) is 5.82. The van der Waals surface area contributed by atoms with E-state index in [1.165, 1.54) is 12.8 Å². The molecule has 1 aliphatic heterocycles. The molecule has 3 rings (SSSR count). The highest BCUT2D eigenvalue weighted by Gasteiger charge is 2.32. The number of nitrogens with one attached hydrogen (secondary N) is 1. The zero-order valence-electron chi connectivity index (χ0n) is 11.7. The number of nitrogens with zero attached hydrogens (tertiary/aromatic N) is 2. The Morgan fingerprint density at radius 2 is 2.10 bits per heavy atom. The summed E-state index contributed by atoms with van der Waals surface area (Å²) < 4.78 is 0. The fourth-order valence-corrected chi connectivity index (χ4v) is 3.06. The van der Waals surface area contributed by atoms with Crippen LogP contribution in [0.25, 0.3) is 0 Å². The number of piperazine rings is 1. The maximum absolute atomic E-state index is 10.4. The van der Waals surface area contributed by atoms with Gasteiger partial charge in [0.05, 0.1) is 5.56 Å². The number of para-hydroxylation sites is 1. The van der Waals surface area contributed by atoms with Crippen molar-refractivity contribution in [2.45, 2.75) is 25.3 Å². The van der Waals surface area contributed by atoms with Crippen molar-refractivity contribution in [3.63, 3.8) is 0 Å². The quantitative estimate of drug-likeness (QED) is 0.879. The molecule has 4 nitrogen and oxygen atoms in total. The van der Waals surface area contributed by atoms with Crippen LogP contribution in [0.1, 0.15) is 36.4 Å². The average molecular weight is 271 g/mol. The van der Waals surface area contributed by atoms with Crippen molar-refractivity contribution >= 4 is 0 Å². The zero-order chi connectivity index (χ0) is 13.9. The van der Waals surface area contributed by atoms with Crippen molar-refractivity contribution in [3.8, 4) is 11.8 Å².